The van der Waals surface area contributed by atoms with Crippen molar-refractivity contribution in [1.29, 1.82) is 0 Å². The summed E-state index contributed by atoms with van der Waals surface area (Å²) in [5, 5.41) is 0. The number of hydrogen-bond acceptors (Lipinski definition) is 4. The zero-order valence-electron chi connectivity index (χ0n) is 14.4. The molecule has 5 nitrogen and oxygen atoms in total. The van der Waals surface area contributed by atoms with E-state index in [0.717, 1.165) is 33.9 Å². The summed E-state index contributed by atoms with van der Waals surface area (Å²) in [5.41, 5.74) is 10.7. The van der Waals surface area contributed by atoms with Crippen molar-refractivity contribution in [3.63, 3.8) is 0 Å². The van der Waals surface area contributed by atoms with Crippen molar-refractivity contribution >= 4 is 5.91 Å². The smallest absolute Gasteiger partial charge is 0.248 e. The minimum Gasteiger partial charge on any atom is -0.366 e. The molecule has 1 amide bonds. The minimum atomic E-state index is -0.458. The van der Waals surface area contributed by atoms with Crippen molar-refractivity contribution in [3.8, 4) is 33.9 Å². The first-order valence-corrected chi connectivity index (χ1v) is 8.46. The lowest BCUT2D eigenvalue weighted by molar-refractivity contribution is 0.100. The number of hydrogen-bond donors (Lipinski definition) is 1. The Bertz CT molecular complexity index is 1040. The molecule has 4 aromatic rings. The Labute approximate surface area is 156 Å². The fourth-order valence-electron chi connectivity index (χ4n) is 2.84. The van der Waals surface area contributed by atoms with Gasteiger partial charge in [0.25, 0.3) is 0 Å². The van der Waals surface area contributed by atoms with Crippen molar-refractivity contribution in [1.82, 2.24) is 15.0 Å². The average molecular weight is 352 g/mol. The monoisotopic (exact) mass is 352 g/mol. The van der Waals surface area contributed by atoms with Crippen LogP contribution in [0.4, 0.5) is 0 Å². The molecule has 0 aliphatic rings. The van der Waals surface area contributed by atoms with Gasteiger partial charge in [-0.15, -0.1) is 0 Å². The van der Waals surface area contributed by atoms with E-state index in [1.807, 2.05) is 60.7 Å². The Morgan fingerprint density at radius 2 is 1.30 bits per heavy atom. The third-order valence-electron chi connectivity index (χ3n) is 4.16. The van der Waals surface area contributed by atoms with Gasteiger partial charge in [-0.1, -0.05) is 24.3 Å². The van der Waals surface area contributed by atoms with Crippen LogP contribution in [0.3, 0.4) is 0 Å². The Morgan fingerprint density at radius 3 is 1.81 bits per heavy atom. The van der Waals surface area contributed by atoms with Gasteiger partial charge in [0.2, 0.25) is 5.91 Å². The number of primary amides is 1. The fraction of sp³-hybridized carbons (Fsp3) is 0. The number of nitrogens with two attached hydrogens (primary N) is 1. The van der Waals surface area contributed by atoms with Gasteiger partial charge in [0.1, 0.15) is 0 Å². The highest BCUT2D eigenvalue weighted by Crippen LogP contribution is 2.29. The molecule has 3 aromatic heterocycles. The van der Waals surface area contributed by atoms with Crippen molar-refractivity contribution in [2.75, 3.05) is 0 Å². The minimum absolute atomic E-state index is 0.458. The van der Waals surface area contributed by atoms with Crippen molar-refractivity contribution < 1.29 is 4.79 Å². The number of aromatic nitrogens is 3. The predicted octanol–water partition coefficient (Wildman–Crippen LogP) is 3.97. The third kappa shape index (κ3) is 3.57. The van der Waals surface area contributed by atoms with E-state index in [1.165, 1.54) is 0 Å². The average Bonchev–Trinajstić information content (AvgIpc) is 2.75. The zero-order chi connectivity index (χ0) is 18.6. The first kappa shape index (κ1) is 16.6. The van der Waals surface area contributed by atoms with Crippen molar-refractivity contribution in [3.05, 3.63) is 90.8 Å². The number of carbonyl (C=O) groups is 1. The molecule has 0 saturated carbocycles. The number of carbonyl (C=O) groups excluding carboxylic acids is 1. The van der Waals surface area contributed by atoms with E-state index in [-0.39, 0.29) is 0 Å². The zero-order valence-corrected chi connectivity index (χ0v) is 14.4. The molecule has 4 rings (SSSR count). The standard InChI is InChI=1S/C22H16N4O/c23-22(27)16-7-5-6-15(12-16)17-13-20(18-8-1-3-10-24-18)26-21(14-17)19-9-2-4-11-25-19/h1-14H,(H2,23,27). The Kier molecular flexibility index (Phi) is 4.41. The molecule has 1 aromatic carbocycles. The van der Waals surface area contributed by atoms with E-state index >= 15 is 0 Å². The second-order valence-electron chi connectivity index (χ2n) is 6.00. The largest absolute Gasteiger partial charge is 0.366 e. The van der Waals surface area contributed by atoms with E-state index in [9.17, 15) is 4.79 Å². The number of amides is 1. The molecule has 3 heterocycles. The summed E-state index contributed by atoms with van der Waals surface area (Å²) in [7, 11) is 0. The first-order valence-electron chi connectivity index (χ1n) is 8.46. The topological polar surface area (TPSA) is 81.8 Å². The van der Waals surface area contributed by atoms with E-state index in [4.69, 9.17) is 10.7 Å². The normalized spacial score (nSPS) is 10.5. The Hall–Kier alpha value is -3.86. The van der Waals surface area contributed by atoms with Crippen LogP contribution in [0.25, 0.3) is 33.9 Å². The van der Waals surface area contributed by atoms with E-state index in [0.29, 0.717) is 5.56 Å². The maximum atomic E-state index is 11.6. The van der Waals surface area contributed by atoms with Gasteiger partial charge in [-0.05, 0) is 59.7 Å². The van der Waals surface area contributed by atoms with Gasteiger partial charge >= 0.3 is 0 Å². The second kappa shape index (κ2) is 7.17. The molecule has 0 aliphatic carbocycles. The quantitative estimate of drug-likeness (QED) is 0.602. The van der Waals surface area contributed by atoms with Crippen molar-refractivity contribution in [2.24, 2.45) is 5.73 Å². The number of nitrogens with zero attached hydrogens (tertiary/aromatic N) is 3. The summed E-state index contributed by atoms with van der Waals surface area (Å²) < 4.78 is 0. The molecule has 2 N–H and O–H groups in total. The summed E-state index contributed by atoms with van der Waals surface area (Å²) in [6, 6.07) is 22.5. The van der Waals surface area contributed by atoms with Crippen LogP contribution in [0.2, 0.25) is 0 Å². The second-order valence-corrected chi connectivity index (χ2v) is 6.00. The molecule has 130 valence electrons. The highest BCUT2D eigenvalue weighted by molar-refractivity contribution is 5.94. The maximum absolute atomic E-state index is 11.6. The molecule has 0 spiro atoms. The molecule has 0 fully saturated rings. The van der Waals surface area contributed by atoms with Crippen LogP contribution in [-0.4, -0.2) is 20.9 Å². The van der Waals surface area contributed by atoms with E-state index in [1.54, 1.807) is 24.5 Å². The first-order chi connectivity index (χ1) is 13.2. The Morgan fingerprint density at radius 1 is 0.667 bits per heavy atom. The lowest BCUT2D eigenvalue weighted by Gasteiger charge is -2.10. The predicted molar refractivity (Wildman–Crippen MR) is 105 cm³/mol. The van der Waals surface area contributed by atoms with Gasteiger partial charge in [0.05, 0.1) is 22.8 Å². The van der Waals surface area contributed by atoms with Gasteiger partial charge in [-0.2, -0.15) is 0 Å². The molecule has 5 heteroatoms. The molecular weight excluding hydrogens is 336 g/mol. The summed E-state index contributed by atoms with van der Waals surface area (Å²) >= 11 is 0. The number of rotatable bonds is 4. The van der Waals surface area contributed by atoms with Crippen LogP contribution in [0.1, 0.15) is 10.4 Å². The van der Waals surface area contributed by atoms with Gasteiger partial charge in [0, 0.05) is 18.0 Å². The molecule has 0 saturated heterocycles. The van der Waals surface area contributed by atoms with Crippen LogP contribution in [0.15, 0.2) is 85.2 Å². The van der Waals surface area contributed by atoms with E-state index in [2.05, 4.69) is 9.97 Å². The molecule has 27 heavy (non-hydrogen) atoms. The third-order valence-corrected chi connectivity index (χ3v) is 4.16. The summed E-state index contributed by atoms with van der Waals surface area (Å²) in [5.74, 6) is -0.458. The van der Waals surface area contributed by atoms with Crippen LogP contribution in [0, 0.1) is 0 Å². The van der Waals surface area contributed by atoms with Gasteiger partial charge < -0.3 is 5.73 Å². The molecular formula is C22H16N4O. The lowest BCUT2D eigenvalue weighted by atomic mass is 10.0. The van der Waals surface area contributed by atoms with Gasteiger partial charge in [-0.3, -0.25) is 14.8 Å². The summed E-state index contributed by atoms with van der Waals surface area (Å²) in [6.45, 7) is 0. The fourth-order valence-corrected chi connectivity index (χ4v) is 2.84. The lowest BCUT2D eigenvalue weighted by Crippen LogP contribution is -2.10. The van der Waals surface area contributed by atoms with Crippen molar-refractivity contribution in [2.45, 2.75) is 0 Å². The van der Waals surface area contributed by atoms with Gasteiger partial charge in [0.15, 0.2) is 0 Å². The summed E-state index contributed by atoms with van der Waals surface area (Å²) in [6.07, 6.45) is 3.47. The molecule has 0 unspecified atom stereocenters. The summed E-state index contributed by atoms with van der Waals surface area (Å²) in [4.78, 5) is 25.1. The highest BCUT2D eigenvalue weighted by atomic mass is 16.1. The maximum Gasteiger partial charge on any atom is 0.248 e. The molecule has 0 aliphatic heterocycles. The SMILES string of the molecule is NC(=O)c1cccc(-c2cc(-c3ccccn3)nc(-c3ccccn3)c2)c1. The van der Waals surface area contributed by atoms with E-state index < -0.39 is 5.91 Å². The van der Waals surface area contributed by atoms with Crippen LogP contribution in [-0.2, 0) is 0 Å². The van der Waals surface area contributed by atoms with Crippen LogP contribution < -0.4 is 5.73 Å². The molecule has 0 bridgehead atoms. The van der Waals surface area contributed by atoms with Crippen LogP contribution >= 0.6 is 0 Å². The van der Waals surface area contributed by atoms with Crippen LogP contribution in [0.5, 0.6) is 0 Å². The number of pyridine rings is 3. The number of benzene rings is 1. The molecule has 0 radical (unpaired) electrons. The molecule has 0 atom stereocenters. The Balaban J connectivity index is 1.91. The highest BCUT2D eigenvalue weighted by Gasteiger charge is 2.11. The van der Waals surface area contributed by atoms with Gasteiger partial charge in [-0.25, -0.2) is 4.98 Å².